The zero-order chi connectivity index (χ0) is 18.0. The molecule has 3 unspecified atom stereocenters. The lowest BCUT2D eigenvalue weighted by atomic mass is 9.63. The van der Waals surface area contributed by atoms with E-state index in [-0.39, 0.29) is 29.4 Å². The summed E-state index contributed by atoms with van der Waals surface area (Å²) in [6, 6.07) is -0.268. The zero-order valence-corrected chi connectivity index (χ0v) is 14.7. The van der Waals surface area contributed by atoms with Crippen LogP contribution in [0.1, 0.15) is 46.5 Å². The van der Waals surface area contributed by atoms with Gasteiger partial charge < -0.3 is 15.3 Å². The van der Waals surface area contributed by atoms with Crippen molar-refractivity contribution < 1.29 is 19.5 Å². The van der Waals surface area contributed by atoms with E-state index in [9.17, 15) is 14.4 Å². The van der Waals surface area contributed by atoms with Gasteiger partial charge in [0.15, 0.2) is 0 Å². The normalized spacial score (nSPS) is 32.0. The first-order valence-corrected chi connectivity index (χ1v) is 8.47. The Kier molecular flexibility index (Phi) is 5.33. The van der Waals surface area contributed by atoms with Gasteiger partial charge >= 0.3 is 12.0 Å². The lowest BCUT2D eigenvalue weighted by Gasteiger charge is -2.45. The molecule has 2 amide bonds. The van der Waals surface area contributed by atoms with Gasteiger partial charge in [-0.2, -0.15) is 0 Å². The first-order chi connectivity index (χ1) is 11.1. The van der Waals surface area contributed by atoms with Gasteiger partial charge in [-0.3, -0.25) is 4.79 Å². The van der Waals surface area contributed by atoms with Gasteiger partial charge in [0.05, 0.1) is 12.0 Å². The van der Waals surface area contributed by atoms with Crippen molar-refractivity contribution in [2.45, 2.75) is 52.5 Å². The number of likely N-dealkylation sites (tertiary alicyclic amines) is 1. The van der Waals surface area contributed by atoms with E-state index >= 15 is 0 Å². The zero-order valence-electron chi connectivity index (χ0n) is 14.7. The van der Waals surface area contributed by atoms with Gasteiger partial charge in [0.25, 0.3) is 0 Å². The monoisotopic (exact) mass is 337 g/mol. The summed E-state index contributed by atoms with van der Waals surface area (Å²) >= 11 is 0. The predicted octanol–water partition coefficient (Wildman–Crippen LogP) is 2.02. The number of nitrogens with zero attached hydrogens (tertiary/aromatic N) is 2. The van der Waals surface area contributed by atoms with Gasteiger partial charge in [0.1, 0.15) is 0 Å². The number of carbonyl (C=O) groups excluding carboxylic acids is 2. The molecule has 0 aromatic rings. The molecule has 1 saturated carbocycles. The van der Waals surface area contributed by atoms with Crippen molar-refractivity contribution in [1.29, 1.82) is 0 Å². The first-order valence-electron chi connectivity index (χ1n) is 8.47. The summed E-state index contributed by atoms with van der Waals surface area (Å²) < 4.78 is 0. The highest BCUT2D eigenvalue weighted by molar-refractivity contribution is 5.77. The third-order valence-corrected chi connectivity index (χ3v) is 5.15. The van der Waals surface area contributed by atoms with Crippen LogP contribution in [0.4, 0.5) is 4.79 Å². The fourth-order valence-corrected chi connectivity index (χ4v) is 4.43. The SMILES string of the molecule is CC1(C)CC(N=C=O)CC(C)(CNC(=O)N2CCC(C(=O)O)C2)C1. The molecule has 24 heavy (non-hydrogen) atoms. The average molecular weight is 337 g/mol. The van der Waals surface area contributed by atoms with Crippen molar-refractivity contribution in [3.05, 3.63) is 0 Å². The average Bonchev–Trinajstić information content (AvgIpc) is 2.93. The number of carbonyl (C=O) groups is 2. The molecule has 0 radical (unpaired) electrons. The summed E-state index contributed by atoms with van der Waals surface area (Å²) in [6.07, 6.45) is 4.68. The Morgan fingerprint density at radius 1 is 1.33 bits per heavy atom. The lowest BCUT2D eigenvalue weighted by Crippen LogP contribution is -2.47. The molecule has 1 aliphatic carbocycles. The van der Waals surface area contributed by atoms with Crippen molar-refractivity contribution in [3.8, 4) is 0 Å². The smallest absolute Gasteiger partial charge is 0.317 e. The quantitative estimate of drug-likeness (QED) is 0.605. The van der Waals surface area contributed by atoms with Crippen LogP contribution >= 0.6 is 0 Å². The molecule has 2 fully saturated rings. The Hall–Kier alpha value is -1.88. The van der Waals surface area contributed by atoms with E-state index in [0.29, 0.717) is 19.5 Å². The maximum absolute atomic E-state index is 12.3. The molecule has 1 aliphatic heterocycles. The van der Waals surface area contributed by atoms with E-state index < -0.39 is 11.9 Å². The van der Waals surface area contributed by atoms with Gasteiger partial charge in [0, 0.05) is 19.6 Å². The molecule has 1 heterocycles. The number of hydrogen-bond acceptors (Lipinski definition) is 4. The third-order valence-electron chi connectivity index (χ3n) is 5.15. The van der Waals surface area contributed by atoms with E-state index in [0.717, 1.165) is 19.3 Å². The van der Waals surface area contributed by atoms with Crippen molar-refractivity contribution in [1.82, 2.24) is 10.2 Å². The summed E-state index contributed by atoms with van der Waals surface area (Å²) in [7, 11) is 0. The second kappa shape index (κ2) is 6.93. The number of nitrogens with one attached hydrogen (secondary N) is 1. The Bertz CT molecular complexity index is 556. The van der Waals surface area contributed by atoms with Crippen LogP contribution in [0.25, 0.3) is 0 Å². The van der Waals surface area contributed by atoms with E-state index in [1.807, 2.05) is 0 Å². The molecule has 7 nitrogen and oxygen atoms in total. The minimum atomic E-state index is -0.846. The van der Waals surface area contributed by atoms with Gasteiger partial charge in [-0.15, -0.1) is 0 Å². The highest BCUT2D eigenvalue weighted by Crippen LogP contribution is 2.46. The standard InChI is InChI=1S/C17H27N3O4/c1-16(2)6-13(19-11-21)7-17(3,9-16)10-18-15(24)20-5-4-12(8-20)14(22)23/h12-13H,4-10H2,1-3H3,(H,18,24)(H,22,23). The topological polar surface area (TPSA) is 99.1 Å². The molecule has 0 spiro atoms. The van der Waals surface area contributed by atoms with Gasteiger partial charge in [-0.05, 0) is 36.5 Å². The summed E-state index contributed by atoms with van der Waals surface area (Å²) in [4.78, 5) is 39.4. The van der Waals surface area contributed by atoms with Crippen LogP contribution in [0.15, 0.2) is 4.99 Å². The summed E-state index contributed by atoms with van der Waals surface area (Å²) in [5, 5.41) is 12.0. The number of rotatable bonds is 4. The Labute approximate surface area is 142 Å². The molecule has 3 atom stereocenters. The van der Waals surface area contributed by atoms with Crippen LogP contribution in [-0.4, -0.2) is 53.8 Å². The molecule has 134 valence electrons. The van der Waals surface area contributed by atoms with Gasteiger partial charge in [-0.25, -0.2) is 14.6 Å². The van der Waals surface area contributed by atoms with E-state index in [4.69, 9.17) is 5.11 Å². The number of carboxylic acid groups (broad SMARTS) is 1. The fraction of sp³-hybridized carbons (Fsp3) is 0.824. The number of urea groups is 1. The van der Waals surface area contributed by atoms with E-state index in [1.165, 1.54) is 0 Å². The summed E-state index contributed by atoms with van der Waals surface area (Å²) in [6.45, 7) is 7.64. The maximum Gasteiger partial charge on any atom is 0.317 e. The molecule has 2 rings (SSSR count). The second-order valence-electron chi connectivity index (χ2n) is 8.36. The summed E-state index contributed by atoms with van der Waals surface area (Å²) in [5.41, 5.74) is -0.0981. The second-order valence-corrected chi connectivity index (χ2v) is 8.36. The number of carboxylic acids is 1. The van der Waals surface area contributed by atoms with Crippen molar-refractivity contribution in [3.63, 3.8) is 0 Å². The number of amides is 2. The minimum absolute atomic E-state index is 0.0464. The summed E-state index contributed by atoms with van der Waals surface area (Å²) in [5.74, 6) is -1.31. The highest BCUT2D eigenvalue weighted by atomic mass is 16.4. The molecular weight excluding hydrogens is 310 g/mol. The van der Waals surface area contributed by atoms with Crippen LogP contribution in [0.2, 0.25) is 0 Å². The van der Waals surface area contributed by atoms with Gasteiger partial charge in [0.2, 0.25) is 6.08 Å². The third kappa shape index (κ3) is 4.57. The number of hydrogen-bond donors (Lipinski definition) is 2. The van der Waals surface area contributed by atoms with Crippen molar-refractivity contribution in [2.75, 3.05) is 19.6 Å². The molecule has 7 heteroatoms. The fourth-order valence-electron chi connectivity index (χ4n) is 4.43. The van der Waals surface area contributed by atoms with Crippen LogP contribution in [-0.2, 0) is 9.59 Å². The van der Waals surface area contributed by atoms with Gasteiger partial charge in [-0.1, -0.05) is 20.8 Å². The predicted molar refractivity (Wildman–Crippen MR) is 88.4 cm³/mol. The number of isocyanates is 1. The van der Waals surface area contributed by atoms with E-state index in [2.05, 4.69) is 31.1 Å². The Morgan fingerprint density at radius 3 is 2.62 bits per heavy atom. The van der Waals surface area contributed by atoms with Crippen molar-refractivity contribution >= 4 is 18.1 Å². The molecule has 0 bridgehead atoms. The lowest BCUT2D eigenvalue weighted by molar-refractivity contribution is -0.141. The van der Waals surface area contributed by atoms with Crippen molar-refractivity contribution in [2.24, 2.45) is 21.7 Å². The number of aliphatic imine (C=N–C) groups is 1. The maximum atomic E-state index is 12.3. The molecule has 2 aliphatic rings. The van der Waals surface area contributed by atoms with Crippen LogP contribution in [0.5, 0.6) is 0 Å². The van der Waals surface area contributed by atoms with Crippen LogP contribution < -0.4 is 5.32 Å². The Balaban J connectivity index is 1.93. The minimum Gasteiger partial charge on any atom is -0.481 e. The van der Waals surface area contributed by atoms with E-state index in [1.54, 1.807) is 11.0 Å². The molecular formula is C17H27N3O4. The molecule has 0 aromatic heterocycles. The molecule has 2 N–H and O–H groups in total. The first kappa shape index (κ1) is 18.5. The largest absolute Gasteiger partial charge is 0.481 e. The highest BCUT2D eigenvalue weighted by Gasteiger charge is 2.42. The Morgan fingerprint density at radius 2 is 2.04 bits per heavy atom. The molecule has 1 saturated heterocycles. The molecule has 0 aromatic carbocycles. The van der Waals surface area contributed by atoms with Crippen LogP contribution in [0, 0.1) is 16.7 Å². The number of aliphatic carboxylic acids is 1. The van der Waals surface area contributed by atoms with Crippen LogP contribution in [0.3, 0.4) is 0 Å².